The van der Waals surface area contributed by atoms with Gasteiger partial charge in [-0.15, -0.1) is 0 Å². The smallest absolute Gasteiger partial charge is 0.244 e. The lowest BCUT2D eigenvalue weighted by Crippen LogP contribution is -2.11. The van der Waals surface area contributed by atoms with E-state index in [0.29, 0.717) is 5.69 Å². The molecule has 0 aliphatic carbocycles. The number of nitrogens with one attached hydrogen (secondary N) is 1. The molecule has 0 radical (unpaired) electrons. The SMILES string of the molecule is O=c1ncc(-c2ccccc2)n[nH]1. The second kappa shape index (κ2) is 3.18. The summed E-state index contributed by atoms with van der Waals surface area (Å²) in [6, 6.07) is 9.54. The minimum atomic E-state index is -0.431. The summed E-state index contributed by atoms with van der Waals surface area (Å²) in [6.45, 7) is 0. The third kappa shape index (κ3) is 1.61. The zero-order valence-corrected chi connectivity index (χ0v) is 6.77. The van der Waals surface area contributed by atoms with Crippen LogP contribution in [-0.2, 0) is 0 Å². The molecule has 64 valence electrons. The molecule has 2 rings (SSSR count). The van der Waals surface area contributed by atoms with Crippen molar-refractivity contribution in [2.24, 2.45) is 0 Å². The molecule has 2 aromatic rings. The van der Waals surface area contributed by atoms with E-state index in [1.165, 1.54) is 6.20 Å². The van der Waals surface area contributed by atoms with Crippen molar-refractivity contribution < 1.29 is 0 Å². The molecule has 0 saturated carbocycles. The Morgan fingerprint density at radius 3 is 2.54 bits per heavy atom. The van der Waals surface area contributed by atoms with Gasteiger partial charge < -0.3 is 0 Å². The van der Waals surface area contributed by atoms with Gasteiger partial charge in [-0.1, -0.05) is 30.3 Å². The molecule has 1 aromatic carbocycles. The van der Waals surface area contributed by atoms with Gasteiger partial charge >= 0.3 is 5.69 Å². The highest BCUT2D eigenvalue weighted by Crippen LogP contribution is 2.12. The number of rotatable bonds is 1. The van der Waals surface area contributed by atoms with E-state index >= 15 is 0 Å². The van der Waals surface area contributed by atoms with Crippen molar-refractivity contribution in [3.63, 3.8) is 0 Å². The first-order valence-corrected chi connectivity index (χ1v) is 3.83. The van der Waals surface area contributed by atoms with Crippen LogP contribution in [0.15, 0.2) is 41.3 Å². The molecule has 1 heterocycles. The van der Waals surface area contributed by atoms with Gasteiger partial charge in [-0.2, -0.15) is 10.1 Å². The number of benzene rings is 1. The van der Waals surface area contributed by atoms with Gasteiger partial charge in [0.15, 0.2) is 0 Å². The number of aromatic nitrogens is 3. The molecule has 0 bridgehead atoms. The molecule has 1 N–H and O–H groups in total. The Morgan fingerprint density at radius 1 is 1.15 bits per heavy atom. The molecule has 0 saturated heterocycles. The van der Waals surface area contributed by atoms with Gasteiger partial charge in [-0.3, -0.25) is 0 Å². The number of nitrogens with zero attached hydrogens (tertiary/aromatic N) is 2. The Bertz CT molecular complexity index is 429. The second-order valence-electron chi connectivity index (χ2n) is 2.54. The van der Waals surface area contributed by atoms with Crippen molar-refractivity contribution in [3.8, 4) is 11.3 Å². The molecular formula is C9H7N3O. The molecule has 4 heteroatoms. The van der Waals surface area contributed by atoms with Crippen LogP contribution in [-0.4, -0.2) is 15.2 Å². The van der Waals surface area contributed by atoms with E-state index in [1.807, 2.05) is 30.3 Å². The van der Waals surface area contributed by atoms with Gasteiger partial charge in [-0.05, 0) is 0 Å². The van der Waals surface area contributed by atoms with E-state index in [0.717, 1.165) is 5.56 Å². The Morgan fingerprint density at radius 2 is 1.92 bits per heavy atom. The van der Waals surface area contributed by atoms with Gasteiger partial charge in [0.05, 0.1) is 6.20 Å². The van der Waals surface area contributed by atoms with E-state index in [-0.39, 0.29) is 0 Å². The van der Waals surface area contributed by atoms with Crippen LogP contribution in [0.4, 0.5) is 0 Å². The first kappa shape index (κ1) is 7.67. The number of hydrogen-bond acceptors (Lipinski definition) is 3. The molecule has 0 amide bonds. The zero-order chi connectivity index (χ0) is 9.10. The maximum Gasteiger partial charge on any atom is 0.361 e. The van der Waals surface area contributed by atoms with Crippen molar-refractivity contribution in [2.45, 2.75) is 0 Å². The maximum absolute atomic E-state index is 10.6. The van der Waals surface area contributed by atoms with Crippen LogP contribution in [0.25, 0.3) is 11.3 Å². The van der Waals surface area contributed by atoms with Gasteiger partial charge in [-0.25, -0.2) is 9.89 Å². The quantitative estimate of drug-likeness (QED) is 0.694. The molecular weight excluding hydrogens is 166 g/mol. The predicted molar refractivity (Wildman–Crippen MR) is 48.1 cm³/mol. The van der Waals surface area contributed by atoms with E-state index in [2.05, 4.69) is 15.2 Å². The zero-order valence-electron chi connectivity index (χ0n) is 6.77. The van der Waals surface area contributed by atoms with Crippen molar-refractivity contribution in [3.05, 3.63) is 47.0 Å². The molecule has 0 aliphatic rings. The highest BCUT2D eigenvalue weighted by Gasteiger charge is 1.97. The van der Waals surface area contributed by atoms with Gasteiger partial charge in [0, 0.05) is 5.56 Å². The average Bonchev–Trinajstić information content (AvgIpc) is 2.20. The maximum atomic E-state index is 10.6. The molecule has 0 unspecified atom stereocenters. The van der Waals surface area contributed by atoms with Crippen LogP contribution in [0.2, 0.25) is 0 Å². The normalized spacial score (nSPS) is 9.85. The van der Waals surface area contributed by atoms with Crippen molar-refractivity contribution >= 4 is 0 Å². The lowest BCUT2D eigenvalue weighted by molar-refractivity contribution is 0.921. The molecule has 0 aliphatic heterocycles. The van der Waals surface area contributed by atoms with Gasteiger partial charge in [0.1, 0.15) is 5.69 Å². The van der Waals surface area contributed by atoms with E-state index < -0.39 is 5.69 Å². The summed E-state index contributed by atoms with van der Waals surface area (Å²) in [5.74, 6) is 0. The van der Waals surface area contributed by atoms with Crippen LogP contribution in [0.5, 0.6) is 0 Å². The van der Waals surface area contributed by atoms with Crippen LogP contribution >= 0.6 is 0 Å². The molecule has 13 heavy (non-hydrogen) atoms. The molecule has 1 aromatic heterocycles. The summed E-state index contributed by atoms with van der Waals surface area (Å²) in [5, 5.41) is 6.13. The second-order valence-corrected chi connectivity index (χ2v) is 2.54. The number of aromatic amines is 1. The number of hydrogen-bond donors (Lipinski definition) is 1. The van der Waals surface area contributed by atoms with Crippen LogP contribution in [0, 0.1) is 0 Å². The molecule has 0 spiro atoms. The van der Waals surface area contributed by atoms with Crippen LogP contribution < -0.4 is 5.69 Å². The van der Waals surface area contributed by atoms with Crippen LogP contribution in [0.3, 0.4) is 0 Å². The largest absolute Gasteiger partial charge is 0.361 e. The minimum Gasteiger partial charge on any atom is -0.244 e. The fourth-order valence-electron chi connectivity index (χ4n) is 1.03. The predicted octanol–water partition coefficient (Wildman–Crippen LogP) is 0.832. The third-order valence-corrected chi connectivity index (χ3v) is 1.65. The highest BCUT2D eigenvalue weighted by molar-refractivity contribution is 5.56. The Kier molecular flexibility index (Phi) is 1.88. The third-order valence-electron chi connectivity index (χ3n) is 1.65. The summed E-state index contributed by atoms with van der Waals surface area (Å²) in [4.78, 5) is 14.2. The summed E-state index contributed by atoms with van der Waals surface area (Å²) in [6.07, 6.45) is 1.45. The van der Waals surface area contributed by atoms with E-state index in [4.69, 9.17) is 0 Å². The first-order chi connectivity index (χ1) is 6.36. The topological polar surface area (TPSA) is 58.6 Å². The van der Waals surface area contributed by atoms with E-state index in [9.17, 15) is 4.79 Å². The van der Waals surface area contributed by atoms with Crippen molar-refractivity contribution in [1.82, 2.24) is 15.2 Å². The molecule has 0 atom stereocenters. The average molecular weight is 173 g/mol. The summed E-state index contributed by atoms with van der Waals surface area (Å²) >= 11 is 0. The standard InChI is InChI=1S/C9H7N3O/c13-9-10-6-8(11-12-9)7-4-2-1-3-5-7/h1-6H,(H,10,12,13). The van der Waals surface area contributed by atoms with Crippen molar-refractivity contribution in [1.29, 1.82) is 0 Å². The fraction of sp³-hybridized carbons (Fsp3) is 0. The fourth-order valence-corrected chi connectivity index (χ4v) is 1.03. The lowest BCUT2D eigenvalue weighted by Gasteiger charge is -1.96. The Labute approximate surface area is 74.3 Å². The van der Waals surface area contributed by atoms with E-state index in [1.54, 1.807) is 0 Å². The summed E-state index contributed by atoms with van der Waals surface area (Å²) in [5.41, 5.74) is 1.17. The number of H-pyrrole nitrogens is 1. The van der Waals surface area contributed by atoms with Crippen molar-refractivity contribution in [2.75, 3.05) is 0 Å². The lowest BCUT2D eigenvalue weighted by atomic mass is 10.2. The summed E-state index contributed by atoms with van der Waals surface area (Å²) in [7, 11) is 0. The monoisotopic (exact) mass is 173 g/mol. The molecule has 0 fully saturated rings. The van der Waals surface area contributed by atoms with Gasteiger partial charge in [0.25, 0.3) is 0 Å². The molecule has 4 nitrogen and oxygen atoms in total. The Balaban J connectivity index is 2.48. The highest BCUT2D eigenvalue weighted by atomic mass is 16.1. The van der Waals surface area contributed by atoms with Gasteiger partial charge in [0.2, 0.25) is 0 Å². The minimum absolute atomic E-state index is 0.431. The van der Waals surface area contributed by atoms with Crippen LogP contribution in [0.1, 0.15) is 0 Å². The summed E-state index contributed by atoms with van der Waals surface area (Å²) < 4.78 is 0. The Hall–Kier alpha value is -1.97. The first-order valence-electron chi connectivity index (χ1n) is 3.83.